The minimum absolute atomic E-state index is 0.154. The molecule has 1 unspecified atom stereocenters. The Morgan fingerprint density at radius 3 is 3.12 bits per heavy atom. The molecule has 1 aliphatic heterocycles. The summed E-state index contributed by atoms with van der Waals surface area (Å²) in [6.45, 7) is 5.56. The van der Waals surface area contributed by atoms with Crippen LogP contribution in [0.1, 0.15) is 34.7 Å². The molecule has 94 valence electrons. The molecule has 17 heavy (non-hydrogen) atoms. The lowest BCUT2D eigenvalue weighted by atomic mass is 10.2. The highest BCUT2D eigenvalue weighted by molar-refractivity contribution is 7.80. The summed E-state index contributed by atoms with van der Waals surface area (Å²) in [6.07, 6.45) is 0.581. The Bertz CT molecular complexity index is 418. The van der Waals surface area contributed by atoms with Gasteiger partial charge in [-0.15, -0.1) is 11.3 Å². The average Bonchev–Trinajstić information content (AvgIpc) is 2.71. The number of amides is 1. The first kappa shape index (κ1) is 12.7. The van der Waals surface area contributed by atoms with Crippen LogP contribution in [-0.4, -0.2) is 29.1 Å². The summed E-state index contributed by atoms with van der Waals surface area (Å²) < 4.78 is 5.01. The lowest BCUT2D eigenvalue weighted by Gasteiger charge is -2.24. The number of hydrogen-bond donors (Lipinski definition) is 1. The van der Waals surface area contributed by atoms with Gasteiger partial charge in [0.25, 0.3) is 0 Å². The normalized spacial score (nSPS) is 16.5. The molecular weight excluding hydrogens is 256 g/mol. The Morgan fingerprint density at radius 2 is 2.47 bits per heavy atom. The molecule has 6 heteroatoms. The van der Waals surface area contributed by atoms with E-state index < -0.39 is 0 Å². The summed E-state index contributed by atoms with van der Waals surface area (Å²) in [5.41, 5.74) is 1.12. The number of rotatable bonds is 2. The Hall–Kier alpha value is -0.750. The maximum atomic E-state index is 11.6. The number of aromatic nitrogens is 1. The lowest BCUT2D eigenvalue weighted by Crippen LogP contribution is -2.35. The second-order valence-corrected chi connectivity index (χ2v) is 5.86. The third-order valence-corrected chi connectivity index (χ3v) is 4.32. The van der Waals surface area contributed by atoms with Gasteiger partial charge in [0.15, 0.2) is 0 Å². The number of fused-ring (bicyclic) bond motifs is 1. The van der Waals surface area contributed by atoms with E-state index in [4.69, 9.17) is 4.74 Å². The van der Waals surface area contributed by atoms with Gasteiger partial charge in [0.1, 0.15) is 5.01 Å². The lowest BCUT2D eigenvalue weighted by molar-refractivity contribution is 0.103. The van der Waals surface area contributed by atoms with Crippen molar-refractivity contribution in [3.05, 3.63) is 15.6 Å². The fourth-order valence-electron chi connectivity index (χ4n) is 1.76. The number of carbonyl (C=O) groups is 1. The number of carbonyl (C=O) groups excluding carboxylic acids is 1. The molecule has 0 spiro atoms. The second-order valence-electron chi connectivity index (χ2n) is 3.97. The minimum Gasteiger partial charge on any atom is -0.450 e. The van der Waals surface area contributed by atoms with Crippen LogP contribution in [0.3, 0.4) is 0 Å². The zero-order valence-corrected chi connectivity index (χ0v) is 11.7. The number of thiazole rings is 1. The van der Waals surface area contributed by atoms with Crippen LogP contribution in [0.2, 0.25) is 0 Å². The van der Waals surface area contributed by atoms with E-state index >= 15 is 0 Å². The van der Waals surface area contributed by atoms with Crippen molar-refractivity contribution >= 4 is 30.1 Å². The molecule has 0 radical (unpaired) electrons. The zero-order valence-electron chi connectivity index (χ0n) is 9.97. The van der Waals surface area contributed by atoms with Crippen LogP contribution in [0.4, 0.5) is 4.79 Å². The summed E-state index contributed by atoms with van der Waals surface area (Å²) in [5, 5.41) is 1.19. The highest BCUT2D eigenvalue weighted by Crippen LogP contribution is 2.30. The van der Waals surface area contributed by atoms with E-state index in [-0.39, 0.29) is 11.3 Å². The van der Waals surface area contributed by atoms with Gasteiger partial charge in [-0.05, 0) is 13.8 Å². The molecule has 1 aromatic heterocycles. The fraction of sp³-hybridized carbons (Fsp3) is 0.636. The van der Waals surface area contributed by atoms with Crippen LogP contribution in [-0.2, 0) is 17.7 Å². The first-order valence-corrected chi connectivity index (χ1v) is 7.03. The SMILES string of the molecule is CCOC(=O)N1CCc2nc(C(C)S)sc2C1. The van der Waals surface area contributed by atoms with Crippen molar-refractivity contribution in [2.75, 3.05) is 13.2 Å². The largest absolute Gasteiger partial charge is 0.450 e. The molecule has 2 heterocycles. The van der Waals surface area contributed by atoms with Gasteiger partial charge in [0.2, 0.25) is 0 Å². The predicted octanol–water partition coefficient (Wildman–Crippen LogP) is 2.65. The predicted molar refractivity (Wildman–Crippen MR) is 70.7 cm³/mol. The molecule has 0 fully saturated rings. The third-order valence-electron chi connectivity index (χ3n) is 2.63. The van der Waals surface area contributed by atoms with Gasteiger partial charge < -0.3 is 9.64 Å². The van der Waals surface area contributed by atoms with E-state index in [9.17, 15) is 4.79 Å². The topological polar surface area (TPSA) is 42.4 Å². The Labute approximate surface area is 110 Å². The van der Waals surface area contributed by atoms with Crippen LogP contribution in [0.15, 0.2) is 0 Å². The van der Waals surface area contributed by atoms with Crippen LogP contribution >= 0.6 is 24.0 Å². The van der Waals surface area contributed by atoms with Crippen molar-refractivity contribution in [1.82, 2.24) is 9.88 Å². The maximum Gasteiger partial charge on any atom is 0.410 e. The monoisotopic (exact) mass is 272 g/mol. The fourth-order valence-corrected chi connectivity index (χ4v) is 3.05. The van der Waals surface area contributed by atoms with Crippen LogP contribution < -0.4 is 0 Å². The van der Waals surface area contributed by atoms with Gasteiger partial charge in [-0.25, -0.2) is 9.78 Å². The standard InChI is InChI=1S/C11H16N2O2S2/c1-3-15-11(14)13-5-4-8-9(6-13)17-10(12-8)7(2)16/h7,16H,3-6H2,1-2H3. The van der Waals surface area contributed by atoms with Crippen LogP contribution in [0.5, 0.6) is 0 Å². The Balaban J connectivity index is 2.10. The molecule has 4 nitrogen and oxygen atoms in total. The van der Waals surface area contributed by atoms with Gasteiger partial charge in [-0.1, -0.05) is 0 Å². The van der Waals surface area contributed by atoms with Crippen molar-refractivity contribution < 1.29 is 9.53 Å². The summed E-state index contributed by atoms with van der Waals surface area (Å²) in [5.74, 6) is 0. The number of nitrogens with zero attached hydrogens (tertiary/aromatic N) is 2. The quantitative estimate of drug-likeness (QED) is 0.842. The van der Waals surface area contributed by atoms with Crippen molar-refractivity contribution in [2.45, 2.75) is 32.1 Å². The van der Waals surface area contributed by atoms with Crippen molar-refractivity contribution in [1.29, 1.82) is 0 Å². The minimum atomic E-state index is -0.230. The van der Waals surface area contributed by atoms with Crippen molar-refractivity contribution in [2.24, 2.45) is 0 Å². The number of ether oxygens (including phenoxy) is 1. The van der Waals surface area contributed by atoms with E-state index in [1.807, 2.05) is 13.8 Å². The Morgan fingerprint density at radius 1 is 1.71 bits per heavy atom. The molecule has 1 amide bonds. The van der Waals surface area contributed by atoms with Gasteiger partial charge in [0, 0.05) is 17.8 Å². The van der Waals surface area contributed by atoms with Crippen LogP contribution in [0.25, 0.3) is 0 Å². The van der Waals surface area contributed by atoms with Crippen molar-refractivity contribution in [3.8, 4) is 0 Å². The van der Waals surface area contributed by atoms with Crippen LogP contribution in [0, 0.1) is 0 Å². The van der Waals surface area contributed by atoms with Gasteiger partial charge in [-0.2, -0.15) is 12.6 Å². The highest BCUT2D eigenvalue weighted by atomic mass is 32.1. The molecule has 0 aromatic carbocycles. The average molecular weight is 272 g/mol. The molecule has 0 saturated heterocycles. The molecule has 0 N–H and O–H groups in total. The van der Waals surface area contributed by atoms with E-state index in [1.165, 1.54) is 4.88 Å². The molecule has 0 bridgehead atoms. The maximum absolute atomic E-state index is 11.6. The first-order valence-electron chi connectivity index (χ1n) is 5.70. The van der Waals surface area contributed by atoms with Crippen molar-refractivity contribution in [3.63, 3.8) is 0 Å². The molecule has 1 aliphatic rings. The first-order chi connectivity index (χ1) is 8.11. The molecule has 1 atom stereocenters. The molecule has 0 saturated carbocycles. The van der Waals surface area contributed by atoms with E-state index in [0.29, 0.717) is 19.7 Å². The van der Waals surface area contributed by atoms with E-state index in [2.05, 4.69) is 17.6 Å². The summed E-state index contributed by atoms with van der Waals surface area (Å²) in [4.78, 5) is 19.1. The summed E-state index contributed by atoms with van der Waals surface area (Å²) in [7, 11) is 0. The molecule has 0 aliphatic carbocycles. The highest BCUT2D eigenvalue weighted by Gasteiger charge is 2.25. The van der Waals surface area contributed by atoms with Gasteiger partial charge in [0.05, 0.1) is 24.1 Å². The number of hydrogen-bond acceptors (Lipinski definition) is 5. The van der Waals surface area contributed by atoms with Gasteiger partial charge >= 0.3 is 6.09 Å². The van der Waals surface area contributed by atoms with Gasteiger partial charge in [-0.3, -0.25) is 0 Å². The third kappa shape index (κ3) is 2.74. The molecular formula is C11H16N2O2S2. The van der Waals surface area contributed by atoms with E-state index in [1.54, 1.807) is 16.2 Å². The number of thiol groups is 1. The summed E-state index contributed by atoms with van der Waals surface area (Å²) >= 11 is 6.03. The molecule has 1 aromatic rings. The zero-order chi connectivity index (χ0) is 12.4. The summed E-state index contributed by atoms with van der Waals surface area (Å²) in [6, 6.07) is 0. The second kappa shape index (κ2) is 5.27. The smallest absolute Gasteiger partial charge is 0.410 e. The Kier molecular flexibility index (Phi) is 3.93. The molecule has 2 rings (SSSR count). The van der Waals surface area contributed by atoms with E-state index in [0.717, 1.165) is 17.1 Å².